The molecular weight excluding hydrogens is 326 g/mol. The molecule has 0 atom stereocenters. The third kappa shape index (κ3) is 3.64. The number of anilines is 4. The van der Waals surface area contributed by atoms with E-state index in [4.69, 9.17) is 0 Å². The molecule has 2 N–H and O–H groups in total. The van der Waals surface area contributed by atoms with Crippen molar-refractivity contribution >= 4 is 22.9 Å². The van der Waals surface area contributed by atoms with Gasteiger partial charge in [0.15, 0.2) is 0 Å². The minimum absolute atomic E-state index is 0.932. The van der Waals surface area contributed by atoms with Crippen LogP contribution in [0, 0.1) is 0 Å². The molecule has 1 aromatic heterocycles. The van der Waals surface area contributed by atoms with Crippen molar-refractivity contribution in [2.45, 2.75) is 0 Å². The summed E-state index contributed by atoms with van der Waals surface area (Å²) in [5.41, 5.74) is 3.75. The zero-order valence-corrected chi connectivity index (χ0v) is 15.8. The predicted octanol–water partition coefficient (Wildman–Crippen LogP) is 1.66. The molecule has 0 spiro atoms. The van der Waals surface area contributed by atoms with E-state index >= 15 is 0 Å². The van der Waals surface area contributed by atoms with Gasteiger partial charge in [0, 0.05) is 58.4 Å². The van der Waals surface area contributed by atoms with Gasteiger partial charge in [-0.2, -0.15) is 5.10 Å². The van der Waals surface area contributed by atoms with Crippen LogP contribution in [0.25, 0.3) is 0 Å². The summed E-state index contributed by atoms with van der Waals surface area (Å²) in [6, 6.07) is 8.65. The van der Waals surface area contributed by atoms with Crippen molar-refractivity contribution in [2.75, 3.05) is 81.6 Å². The number of H-pyrrole nitrogens is 1. The fourth-order valence-corrected chi connectivity index (χ4v) is 3.74. The van der Waals surface area contributed by atoms with Crippen LogP contribution < -0.4 is 15.1 Å². The highest BCUT2D eigenvalue weighted by Crippen LogP contribution is 2.38. The quantitative estimate of drug-likeness (QED) is 0.870. The van der Waals surface area contributed by atoms with E-state index in [1.165, 1.54) is 17.1 Å². The van der Waals surface area contributed by atoms with E-state index in [1.54, 1.807) is 6.20 Å². The highest BCUT2D eigenvalue weighted by molar-refractivity contribution is 5.87. The highest BCUT2D eigenvalue weighted by Gasteiger charge is 2.23. The molecule has 0 aliphatic carbocycles. The minimum Gasteiger partial charge on any atom is -0.367 e. The van der Waals surface area contributed by atoms with Gasteiger partial charge < -0.3 is 24.9 Å². The number of hydrogen-bond acceptors (Lipinski definition) is 6. The Morgan fingerprint density at radius 3 is 1.81 bits per heavy atom. The van der Waals surface area contributed by atoms with E-state index < -0.39 is 0 Å². The third-order valence-electron chi connectivity index (χ3n) is 5.47. The van der Waals surface area contributed by atoms with Gasteiger partial charge in [0.1, 0.15) is 5.82 Å². The van der Waals surface area contributed by atoms with Gasteiger partial charge in [0.25, 0.3) is 0 Å². The van der Waals surface area contributed by atoms with Crippen LogP contribution in [0.1, 0.15) is 0 Å². The van der Waals surface area contributed by atoms with Gasteiger partial charge in [0.05, 0.1) is 23.3 Å². The fourth-order valence-electron chi connectivity index (χ4n) is 3.74. The Balaban J connectivity index is 1.67. The van der Waals surface area contributed by atoms with E-state index in [9.17, 15) is 0 Å². The zero-order valence-electron chi connectivity index (χ0n) is 15.8. The number of para-hydroxylation sites is 1. The topological polar surface area (TPSA) is 53.7 Å². The van der Waals surface area contributed by atoms with Crippen molar-refractivity contribution in [3.63, 3.8) is 0 Å². The van der Waals surface area contributed by atoms with Crippen LogP contribution in [-0.2, 0) is 0 Å². The van der Waals surface area contributed by atoms with Gasteiger partial charge >= 0.3 is 0 Å². The molecule has 7 nitrogen and oxygen atoms in total. The number of aromatic amines is 1. The summed E-state index contributed by atoms with van der Waals surface area (Å²) in [4.78, 5) is 9.78. The summed E-state index contributed by atoms with van der Waals surface area (Å²) >= 11 is 0. The average molecular weight is 355 g/mol. The number of piperazine rings is 2. The Labute approximate surface area is 155 Å². The Kier molecular flexibility index (Phi) is 4.99. The van der Waals surface area contributed by atoms with E-state index in [0.29, 0.717) is 0 Å². The van der Waals surface area contributed by atoms with E-state index in [2.05, 4.69) is 67.4 Å². The molecule has 26 heavy (non-hydrogen) atoms. The molecular formula is C19H29N7. The average Bonchev–Trinajstić information content (AvgIpc) is 3.17. The van der Waals surface area contributed by atoms with Gasteiger partial charge in [-0.3, -0.25) is 5.10 Å². The second-order valence-electron chi connectivity index (χ2n) is 7.35. The lowest BCUT2D eigenvalue weighted by atomic mass is 10.1. The first kappa shape index (κ1) is 17.2. The molecule has 140 valence electrons. The molecule has 4 rings (SSSR count). The van der Waals surface area contributed by atoms with Crippen LogP contribution in [0.15, 0.2) is 30.5 Å². The monoisotopic (exact) mass is 355 g/mol. The molecule has 0 radical (unpaired) electrons. The van der Waals surface area contributed by atoms with Crippen molar-refractivity contribution in [1.29, 1.82) is 0 Å². The number of nitrogens with one attached hydrogen (secondary N) is 2. The van der Waals surface area contributed by atoms with Gasteiger partial charge in [0.2, 0.25) is 0 Å². The lowest BCUT2D eigenvalue weighted by molar-refractivity contribution is 0.312. The Hall–Kier alpha value is -2.25. The predicted molar refractivity (Wildman–Crippen MR) is 108 cm³/mol. The number of aromatic nitrogens is 2. The van der Waals surface area contributed by atoms with Gasteiger partial charge in [-0.25, -0.2) is 0 Å². The lowest BCUT2D eigenvalue weighted by Crippen LogP contribution is -2.46. The minimum atomic E-state index is 0.932. The zero-order chi connectivity index (χ0) is 17.9. The van der Waals surface area contributed by atoms with Gasteiger partial charge in [-0.1, -0.05) is 6.07 Å². The lowest BCUT2D eigenvalue weighted by Gasteiger charge is -2.38. The molecule has 0 saturated carbocycles. The normalized spacial score (nSPS) is 19.8. The van der Waals surface area contributed by atoms with Crippen LogP contribution in [0.2, 0.25) is 0 Å². The van der Waals surface area contributed by atoms with E-state index in [0.717, 1.165) is 58.2 Å². The molecule has 3 heterocycles. The summed E-state index contributed by atoms with van der Waals surface area (Å²) in [6.07, 6.45) is 1.79. The van der Waals surface area contributed by atoms with E-state index in [-0.39, 0.29) is 0 Å². The summed E-state index contributed by atoms with van der Waals surface area (Å²) in [5, 5.41) is 10.7. The second-order valence-corrected chi connectivity index (χ2v) is 7.35. The van der Waals surface area contributed by atoms with Crippen molar-refractivity contribution in [3.8, 4) is 0 Å². The van der Waals surface area contributed by atoms with Gasteiger partial charge in [-0.05, 0) is 26.2 Å². The number of nitrogens with zero attached hydrogens (tertiary/aromatic N) is 5. The molecule has 0 amide bonds. The first-order chi connectivity index (χ1) is 12.7. The number of benzene rings is 1. The number of likely N-dealkylation sites (N-methyl/N-ethyl adjacent to an activating group) is 2. The molecule has 7 heteroatoms. The van der Waals surface area contributed by atoms with Crippen LogP contribution in [0.5, 0.6) is 0 Å². The maximum atomic E-state index is 4.09. The number of hydrogen-bond donors (Lipinski definition) is 2. The summed E-state index contributed by atoms with van der Waals surface area (Å²) in [5.74, 6) is 0.932. The Morgan fingerprint density at radius 2 is 1.35 bits per heavy atom. The maximum absolute atomic E-state index is 4.09. The first-order valence-corrected chi connectivity index (χ1v) is 9.47. The molecule has 0 unspecified atom stereocenters. The molecule has 2 aromatic rings. The summed E-state index contributed by atoms with van der Waals surface area (Å²) in [7, 11) is 4.39. The largest absolute Gasteiger partial charge is 0.367 e. The SMILES string of the molecule is CN1CCN(c2cccc(N3CCN(C)CC3)c2Nc2ccn[nH]2)CC1. The molecule has 2 aliphatic rings. The van der Waals surface area contributed by atoms with Crippen LogP contribution >= 0.6 is 0 Å². The van der Waals surface area contributed by atoms with Gasteiger partial charge in [-0.15, -0.1) is 0 Å². The first-order valence-electron chi connectivity index (χ1n) is 9.47. The molecule has 1 aromatic carbocycles. The molecule has 2 saturated heterocycles. The summed E-state index contributed by atoms with van der Waals surface area (Å²) < 4.78 is 0. The van der Waals surface area contributed by atoms with Crippen molar-refractivity contribution in [1.82, 2.24) is 20.0 Å². The van der Waals surface area contributed by atoms with Crippen molar-refractivity contribution in [2.24, 2.45) is 0 Å². The number of rotatable bonds is 4. The van der Waals surface area contributed by atoms with Crippen molar-refractivity contribution in [3.05, 3.63) is 30.5 Å². The Morgan fingerprint density at radius 1 is 0.808 bits per heavy atom. The second kappa shape index (κ2) is 7.55. The standard InChI is InChI=1S/C19H29N7/c1-23-8-12-25(13-9-23)16-4-3-5-17(26-14-10-24(2)11-15-26)19(16)21-18-6-7-20-22-18/h3-7H,8-15H2,1-2H3,(H2,20,21,22). The fraction of sp³-hybridized carbons (Fsp3) is 0.526. The molecule has 2 fully saturated rings. The Bertz CT molecular complexity index is 658. The smallest absolute Gasteiger partial charge is 0.125 e. The summed E-state index contributed by atoms with van der Waals surface area (Å²) in [6.45, 7) is 8.62. The molecule has 2 aliphatic heterocycles. The van der Waals surface area contributed by atoms with Crippen LogP contribution in [-0.4, -0.2) is 86.5 Å². The third-order valence-corrected chi connectivity index (χ3v) is 5.47. The van der Waals surface area contributed by atoms with Crippen molar-refractivity contribution < 1.29 is 0 Å². The van der Waals surface area contributed by atoms with Crippen LogP contribution in [0.3, 0.4) is 0 Å². The van der Waals surface area contributed by atoms with E-state index in [1.807, 2.05) is 6.07 Å². The highest BCUT2D eigenvalue weighted by atomic mass is 15.3. The van der Waals surface area contributed by atoms with Crippen LogP contribution in [0.4, 0.5) is 22.9 Å². The maximum Gasteiger partial charge on any atom is 0.125 e. The molecule has 0 bridgehead atoms.